The van der Waals surface area contributed by atoms with Crippen molar-refractivity contribution < 1.29 is 5.11 Å². The van der Waals surface area contributed by atoms with E-state index in [0.717, 1.165) is 29.4 Å². The first-order chi connectivity index (χ1) is 7.65. The Morgan fingerprint density at radius 2 is 2.06 bits per heavy atom. The highest BCUT2D eigenvalue weighted by Crippen LogP contribution is 2.16. The van der Waals surface area contributed by atoms with E-state index in [1.165, 1.54) is 0 Å². The molecule has 1 heterocycles. The van der Waals surface area contributed by atoms with Crippen LogP contribution in [0.5, 0.6) is 0 Å². The number of aliphatic hydroxyl groups excluding tert-OH is 1. The van der Waals surface area contributed by atoms with Crippen molar-refractivity contribution in [1.82, 2.24) is 10.3 Å². The molecule has 4 heteroatoms. The summed E-state index contributed by atoms with van der Waals surface area (Å²) in [6.07, 6.45) is 5.44. The second-order valence-electron chi connectivity index (χ2n) is 4.01. The maximum absolute atomic E-state index is 9.42. The molecule has 0 radical (unpaired) electrons. The number of nitrogens with zero attached hydrogens (tertiary/aromatic N) is 1. The number of aromatic nitrogens is 1. The molecule has 1 rings (SSSR count). The van der Waals surface area contributed by atoms with Crippen LogP contribution in [0.25, 0.3) is 0 Å². The molecule has 0 saturated carbocycles. The number of halogens is 1. The summed E-state index contributed by atoms with van der Waals surface area (Å²) >= 11 is 3.39. The van der Waals surface area contributed by atoms with Gasteiger partial charge in [-0.15, -0.1) is 0 Å². The van der Waals surface area contributed by atoms with E-state index in [0.29, 0.717) is 0 Å². The fourth-order valence-corrected chi connectivity index (χ4v) is 2.03. The standard InChI is InChI=1S/C12H19BrN2O/c1-3-12(4-2,9-16)15-7-10-5-11(13)8-14-6-10/h5-6,8,15-16H,3-4,7,9H2,1-2H3. The van der Waals surface area contributed by atoms with Crippen LogP contribution < -0.4 is 5.32 Å². The monoisotopic (exact) mass is 286 g/mol. The highest BCUT2D eigenvalue weighted by molar-refractivity contribution is 9.10. The number of hydrogen-bond acceptors (Lipinski definition) is 3. The molecule has 0 aromatic carbocycles. The number of hydrogen-bond donors (Lipinski definition) is 2. The summed E-state index contributed by atoms with van der Waals surface area (Å²) in [4.78, 5) is 4.11. The van der Waals surface area contributed by atoms with Gasteiger partial charge in [-0.1, -0.05) is 13.8 Å². The summed E-state index contributed by atoms with van der Waals surface area (Å²) < 4.78 is 0.981. The van der Waals surface area contributed by atoms with Gasteiger partial charge in [0.05, 0.1) is 6.61 Å². The van der Waals surface area contributed by atoms with E-state index < -0.39 is 0 Å². The van der Waals surface area contributed by atoms with Crippen LogP contribution in [0.15, 0.2) is 22.9 Å². The molecule has 90 valence electrons. The van der Waals surface area contributed by atoms with Crippen LogP contribution in [0, 0.1) is 0 Å². The van der Waals surface area contributed by atoms with Gasteiger partial charge in [-0.3, -0.25) is 4.98 Å². The van der Waals surface area contributed by atoms with Crippen molar-refractivity contribution in [2.45, 2.75) is 38.8 Å². The second-order valence-corrected chi connectivity index (χ2v) is 4.93. The zero-order valence-electron chi connectivity index (χ0n) is 9.83. The van der Waals surface area contributed by atoms with Crippen LogP contribution in [-0.4, -0.2) is 22.2 Å². The first kappa shape index (κ1) is 13.6. The fourth-order valence-electron chi connectivity index (χ4n) is 1.62. The molecule has 16 heavy (non-hydrogen) atoms. The summed E-state index contributed by atoms with van der Waals surface area (Å²) in [6, 6.07) is 2.04. The number of nitrogens with one attached hydrogen (secondary N) is 1. The lowest BCUT2D eigenvalue weighted by Crippen LogP contribution is -2.47. The molecule has 0 aliphatic rings. The van der Waals surface area contributed by atoms with Gasteiger partial charge >= 0.3 is 0 Å². The summed E-state index contributed by atoms with van der Waals surface area (Å²) in [6.45, 7) is 5.08. The van der Waals surface area contributed by atoms with Crippen LogP contribution in [0.3, 0.4) is 0 Å². The molecule has 0 aliphatic heterocycles. The Morgan fingerprint density at radius 3 is 2.56 bits per heavy atom. The molecule has 0 aliphatic carbocycles. The third kappa shape index (κ3) is 3.54. The zero-order valence-corrected chi connectivity index (χ0v) is 11.4. The molecule has 2 N–H and O–H groups in total. The largest absolute Gasteiger partial charge is 0.394 e. The van der Waals surface area contributed by atoms with Gasteiger partial charge in [0.15, 0.2) is 0 Å². The van der Waals surface area contributed by atoms with E-state index in [1.807, 2.05) is 12.3 Å². The quantitative estimate of drug-likeness (QED) is 0.845. The molecule has 0 spiro atoms. The van der Waals surface area contributed by atoms with Crippen molar-refractivity contribution in [3.05, 3.63) is 28.5 Å². The third-order valence-corrected chi connectivity index (χ3v) is 3.52. The van der Waals surface area contributed by atoms with Crippen molar-refractivity contribution in [3.63, 3.8) is 0 Å². The minimum absolute atomic E-state index is 0.164. The van der Waals surface area contributed by atoms with Gasteiger partial charge in [-0.2, -0.15) is 0 Å². The second kappa shape index (κ2) is 6.33. The average Bonchev–Trinajstić information content (AvgIpc) is 2.32. The average molecular weight is 287 g/mol. The Morgan fingerprint density at radius 1 is 1.38 bits per heavy atom. The SMILES string of the molecule is CCC(CC)(CO)NCc1cncc(Br)c1. The first-order valence-electron chi connectivity index (χ1n) is 5.61. The van der Waals surface area contributed by atoms with Gasteiger partial charge in [0, 0.05) is 29.0 Å². The van der Waals surface area contributed by atoms with Gasteiger partial charge in [0.2, 0.25) is 0 Å². The van der Waals surface area contributed by atoms with Crippen molar-refractivity contribution in [2.75, 3.05) is 6.61 Å². The van der Waals surface area contributed by atoms with Crippen LogP contribution in [-0.2, 0) is 6.54 Å². The minimum Gasteiger partial charge on any atom is -0.394 e. The predicted octanol–water partition coefficient (Wildman–Crippen LogP) is 2.48. The molecule has 0 unspecified atom stereocenters. The Labute approximate surface area is 105 Å². The summed E-state index contributed by atoms with van der Waals surface area (Å²) in [5, 5.41) is 12.8. The maximum atomic E-state index is 9.42. The molecule has 3 nitrogen and oxygen atoms in total. The maximum Gasteiger partial charge on any atom is 0.0613 e. The van der Waals surface area contributed by atoms with Gasteiger partial charge < -0.3 is 10.4 Å². The summed E-state index contributed by atoms with van der Waals surface area (Å²) in [7, 11) is 0. The van der Waals surface area contributed by atoms with Crippen LogP contribution >= 0.6 is 15.9 Å². The van der Waals surface area contributed by atoms with Crippen molar-refractivity contribution >= 4 is 15.9 Å². The Kier molecular flexibility index (Phi) is 5.38. The fraction of sp³-hybridized carbons (Fsp3) is 0.583. The van der Waals surface area contributed by atoms with E-state index in [1.54, 1.807) is 6.20 Å². The Balaban J connectivity index is 2.62. The minimum atomic E-state index is -0.164. The van der Waals surface area contributed by atoms with Gasteiger partial charge in [0.1, 0.15) is 0 Å². The lowest BCUT2D eigenvalue weighted by Gasteiger charge is -2.31. The van der Waals surface area contributed by atoms with Gasteiger partial charge in [-0.25, -0.2) is 0 Å². The van der Waals surface area contributed by atoms with Crippen LogP contribution in [0.1, 0.15) is 32.3 Å². The summed E-state index contributed by atoms with van der Waals surface area (Å²) in [5.41, 5.74) is 0.955. The van der Waals surface area contributed by atoms with E-state index >= 15 is 0 Å². The van der Waals surface area contributed by atoms with Crippen molar-refractivity contribution in [1.29, 1.82) is 0 Å². The van der Waals surface area contributed by atoms with E-state index in [2.05, 4.69) is 40.1 Å². The smallest absolute Gasteiger partial charge is 0.0613 e. The third-order valence-electron chi connectivity index (χ3n) is 3.09. The van der Waals surface area contributed by atoms with Gasteiger partial charge in [-0.05, 0) is 40.4 Å². The van der Waals surface area contributed by atoms with E-state index in [9.17, 15) is 5.11 Å². The molecule has 1 aromatic rings. The number of pyridine rings is 1. The molecule has 0 amide bonds. The molecular weight excluding hydrogens is 268 g/mol. The van der Waals surface area contributed by atoms with E-state index in [4.69, 9.17) is 0 Å². The topological polar surface area (TPSA) is 45.1 Å². The Hall–Kier alpha value is -0.450. The predicted molar refractivity (Wildman–Crippen MR) is 69.2 cm³/mol. The lowest BCUT2D eigenvalue weighted by atomic mass is 9.93. The molecule has 1 aromatic heterocycles. The van der Waals surface area contributed by atoms with Crippen LogP contribution in [0.4, 0.5) is 0 Å². The van der Waals surface area contributed by atoms with Gasteiger partial charge in [0.25, 0.3) is 0 Å². The molecule has 0 saturated heterocycles. The molecule has 0 bridgehead atoms. The highest BCUT2D eigenvalue weighted by atomic mass is 79.9. The van der Waals surface area contributed by atoms with Crippen molar-refractivity contribution in [3.8, 4) is 0 Å². The Bertz CT molecular complexity index is 318. The highest BCUT2D eigenvalue weighted by Gasteiger charge is 2.23. The first-order valence-corrected chi connectivity index (χ1v) is 6.40. The normalized spacial score (nSPS) is 11.8. The van der Waals surface area contributed by atoms with E-state index in [-0.39, 0.29) is 12.1 Å². The molecule has 0 fully saturated rings. The number of aliphatic hydroxyl groups is 1. The zero-order chi connectivity index (χ0) is 12.0. The lowest BCUT2D eigenvalue weighted by molar-refractivity contribution is 0.149. The van der Waals surface area contributed by atoms with Crippen LogP contribution in [0.2, 0.25) is 0 Å². The van der Waals surface area contributed by atoms with Crippen molar-refractivity contribution in [2.24, 2.45) is 0 Å². The summed E-state index contributed by atoms with van der Waals surface area (Å²) in [5.74, 6) is 0. The molecular formula is C12H19BrN2O. The number of rotatable bonds is 6. The molecule has 0 atom stereocenters.